The molecule has 0 bridgehead atoms. The summed E-state index contributed by atoms with van der Waals surface area (Å²) in [5.74, 6) is 0. The summed E-state index contributed by atoms with van der Waals surface area (Å²) in [6, 6.07) is 4.50. The van der Waals surface area contributed by atoms with Crippen molar-refractivity contribution in [3.8, 4) is 0 Å². The summed E-state index contributed by atoms with van der Waals surface area (Å²) >= 11 is 0. The zero-order valence-corrected chi connectivity index (χ0v) is 12.9. The Hall–Kier alpha value is -2.26. The summed E-state index contributed by atoms with van der Waals surface area (Å²) in [5, 5.41) is 39.2. The van der Waals surface area contributed by atoms with Gasteiger partial charge in [-0.1, -0.05) is 0 Å². The average Bonchev–Trinajstić information content (AvgIpc) is 2.61. The van der Waals surface area contributed by atoms with Crippen LogP contribution in [0, 0.1) is 6.92 Å². The van der Waals surface area contributed by atoms with Gasteiger partial charge in [-0.3, -0.25) is 0 Å². The Balaban J connectivity index is 2.35. The van der Waals surface area contributed by atoms with Gasteiger partial charge in [0.25, 0.3) is 0 Å². The molecule has 0 unspecified atom stereocenters. The molecule has 0 aliphatic heterocycles. The van der Waals surface area contributed by atoms with E-state index in [1.54, 1.807) is 19.1 Å². The number of carbonyl (C=O) groups is 1. The highest BCUT2D eigenvalue weighted by Crippen LogP contribution is 2.20. The number of hydrogen-bond donors (Lipinski definition) is 5. The number of aldehydes is 1. The lowest BCUT2D eigenvalue weighted by molar-refractivity contribution is -0.117. The first-order valence-electron chi connectivity index (χ1n) is 7.67. The van der Waals surface area contributed by atoms with Crippen molar-refractivity contribution in [2.24, 2.45) is 0 Å². The molecule has 0 aliphatic rings. The van der Waals surface area contributed by atoms with Crippen LogP contribution in [-0.2, 0) is 4.79 Å². The lowest BCUT2D eigenvalue weighted by atomic mass is 10.0. The number of aliphatic hydroxyl groups excluding tert-OH is 4. The standard InChI is InChI=1S/C16H19NO7/c1-8-4-9-2-3-10(5-13(9)24-16(8)23)17-11(6-18)14(21)15(22)12(20)7-19/h2-6,11-12,14-15,17,19-22H,7H2,1H3/t11-,12+,14+,15+/m0/s1/i/hD. The van der Waals surface area contributed by atoms with Crippen molar-refractivity contribution in [2.45, 2.75) is 31.3 Å². The summed E-state index contributed by atoms with van der Waals surface area (Å²) in [6.07, 6.45) is -5.07. The van der Waals surface area contributed by atoms with Crippen LogP contribution >= 0.6 is 0 Å². The lowest BCUT2D eigenvalue weighted by Gasteiger charge is -2.26. The lowest BCUT2D eigenvalue weighted by Crippen LogP contribution is -2.49. The number of aliphatic hydroxyl groups is 4. The molecule has 24 heavy (non-hydrogen) atoms. The zero-order valence-electron chi connectivity index (χ0n) is 13.9. The number of nitrogens with one attached hydrogen (secondary N) is 1. The van der Waals surface area contributed by atoms with Crippen LogP contribution in [0.1, 0.15) is 5.56 Å². The summed E-state index contributed by atoms with van der Waals surface area (Å²) in [5.41, 5.74) is 0.210. The van der Waals surface area contributed by atoms with E-state index in [2.05, 4.69) is 0 Å². The molecule has 8 nitrogen and oxygen atoms in total. The second kappa shape index (κ2) is 7.54. The van der Waals surface area contributed by atoms with Crippen LogP contribution in [0.2, 0.25) is 1.41 Å². The number of aryl methyl sites for hydroxylation is 1. The second-order valence-corrected chi connectivity index (χ2v) is 5.43. The van der Waals surface area contributed by atoms with Gasteiger partial charge < -0.3 is 34.9 Å². The normalized spacial score (nSPS) is 17.0. The molecular formula is C16H19NO7. The zero-order chi connectivity index (χ0) is 18.7. The topological polar surface area (TPSA) is 140 Å². The van der Waals surface area contributed by atoms with E-state index in [1.165, 1.54) is 12.1 Å². The summed E-state index contributed by atoms with van der Waals surface area (Å²) in [7, 11) is 0. The predicted molar refractivity (Wildman–Crippen MR) is 85.8 cm³/mol. The fourth-order valence-corrected chi connectivity index (χ4v) is 2.18. The summed E-state index contributed by atoms with van der Waals surface area (Å²) < 4.78 is 13.2. The molecule has 2 rings (SSSR count). The van der Waals surface area contributed by atoms with E-state index in [-0.39, 0.29) is 17.6 Å². The highest BCUT2D eigenvalue weighted by atomic mass is 16.4. The minimum atomic E-state index is -1.82. The van der Waals surface area contributed by atoms with Gasteiger partial charge in [0.05, 0.1) is 6.61 Å². The van der Waals surface area contributed by atoms with Crippen LogP contribution in [0.4, 0.5) is 5.69 Å². The Bertz CT molecular complexity index is 809. The van der Waals surface area contributed by atoms with Crippen molar-refractivity contribution in [3.63, 3.8) is 0 Å². The van der Waals surface area contributed by atoms with Crippen LogP contribution in [0.5, 0.6) is 0 Å². The van der Waals surface area contributed by atoms with Gasteiger partial charge in [-0.25, -0.2) is 4.79 Å². The van der Waals surface area contributed by atoms with Gasteiger partial charge in [0.1, 0.15) is 36.2 Å². The maximum Gasteiger partial charge on any atom is 0.339 e. The maximum absolute atomic E-state index is 11.6. The molecule has 4 atom stereocenters. The van der Waals surface area contributed by atoms with Crippen LogP contribution < -0.4 is 10.9 Å². The van der Waals surface area contributed by atoms with Gasteiger partial charge in [0.2, 0.25) is 0 Å². The minimum absolute atomic E-state index is 0.126. The number of benzene rings is 1. The Kier molecular flexibility index (Phi) is 5.21. The molecule has 1 aromatic carbocycles. The smallest absolute Gasteiger partial charge is 0.339 e. The van der Waals surface area contributed by atoms with E-state index in [9.17, 15) is 24.9 Å². The van der Waals surface area contributed by atoms with Crippen LogP contribution in [0.15, 0.2) is 33.5 Å². The number of anilines is 1. The first kappa shape index (κ1) is 16.6. The summed E-state index contributed by atoms with van der Waals surface area (Å²) in [4.78, 5) is 22.9. The van der Waals surface area contributed by atoms with Crippen LogP contribution in [0.25, 0.3) is 11.0 Å². The van der Waals surface area contributed by atoms with E-state index in [1.807, 2.05) is 0 Å². The minimum Gasteiger partial charge on any atom is -0.422 e. The van der Waals surface area contributed by atoms with Crippen molar-refractivity contribution in [1.29, 1.82) is 0 Å². The van der Waals surface area contributed by atoms with E-state index < -0.39 is 36.6 Å². The van der Waals surface area contributed by atoms with Gasteiger partial charge in [-0.15, -0.1) is 0 Å². The van der Waals surface area contributed by atoms with Crippen LogP contribution in [0.3, 0.4) is 0 Å². The SMILES string of the molecule is [2H]N(c1ccc2cc(C)c(=O)oc2c1)[C@@H](C=O)[C@@H](O)[C@H](O)[C@H](O)CO. The van der Waals surface area contributed by atoms with Crippen molar-refractivity contribution >= 4 is 22.9 Å². The van der Waals surface area contributed by atoms with Crippen molar-refractivity contribution in [2.75, 3.05) is 11.9 Å². The largest absolute Gasteiger partial charge is 0.422 e. The van der Waals surface area contributed by atoms with E-state index in [0.29, 0.717) is 16.3 Å². The van der Waals surface area contributed by atoms with Gasteiger partial charge in [-0.2, -0.15) is 0 Å². The summed E-state index contributed by atoms with van der Waals surface area (Å²) in [6.45, 7) is 0.783. The molecule has 0 aliphatic carbocycles. The number of rotatable bonds is 7. The second-order valence-electron chi connectivity index (χ2n) is 5.43. The van der Waals surface area contributed by atoms with Crippen LogP contribution in [-0.4, -0.2) is 57.7 Å². The van der Waals surface area contributed by atoms with Gasteiger partial charge >= 0.3 is 5.63 Å². The van der Waals surface area contributed by atoms with Crippen molar-refractivity contribution < 1.29 is 31.0 Å². The molecule has 8 heteroatoms. The quantitative estimate of drug-likeness (QED) is 0.325. The molecule has 0 fully saturated rings. The first-order valence-corrected chi connectivity index (χ1v) is 7.23. The molecular weight excluding hydrogens is 318 g/mol. The molecule has 0 saturated carbocycles. The fraction of sp³-hybridized carbons (Fsp3) is 0.375. The highest BCUT2D eigenvalue weighted by Gasteiger charge is 2.31. The van der Waals surface area contributed by atoms with E-state index in [0.717, 1.165) is 0 Å². The average molecular weight is 338 g/mol. The van der Waals surface area contributed by atoms with Gasteiger partial charge in [-0.05, 0) is 25.1 Å². The molecule has 0 amide bonds. The van der Waals surface area contributed by atoms with Gasteiger partial charge in [0, 0.05) is 22.7 Å². The van der Waals surface area contributed by atoms with Crippen molar-refractivity contribution in [1.82, 2.24) is 0 Å². The Morgan fingerprint density at radius 3 is 2.62 bits per heavy atom. The molecule has 0 saturated heterocycles. The molecule has 0 radical (unpaired) electrons. The Labute approximate surface area is 138 Å². The number of hydrogen-bond acceptors (Lipinski definition) is 8. The van der Waals surface area contributed by atoms with Crippen molar-refractivity contribution in [3.05, 3.63) is 40.2 Å². The van der Waals surface area contributed by atoms with E-state index >= 15 is 0 Å². The molecule has 0 spiro atoms. The van der Waals surface area contributed by atoms with Gasteiger partial charge in [0.15, 0.2) is 1.41 Å². The predicted octanol–water partition coefficient (Wildman–Crippen LogP) is -0.844. The Morgan fingerprint density at radius 1 is 1.29 bits per heavy atom. The molecule has 130 valence electrons. The monoisotopic (exact) mass is 338 g/mol. The maximum atomic E-state index is 11.6. The number of fused-ring (bicyclic) bond motifs is 1. The third-order valence-corrected chi connectivity index (χ3v) is 3.61. The molecule has 5 N–H and O–H groups in total. The number of carbonyl (C=O) groups excluding carboxylic acids is 1. The first-order chi connectivity index (χ1) is 11.8. The third kappa shape index (κ3) is 3.80. The fourth-order valence-electron chi connectivity index (χ4n) is 2.18. The Morgan fingerprint density at radius 2 is 2.00 bits per heavy atom. The molecule has 1 heterocycles. The molecule has 2 aromatic rings. The third-order valence-electron chi connectivity index (χ3n) is 3.61. The van der Waals surface area contributed by atoms with E-state index in [4.69, 9.17) is 10.9 Å². The molecule has 1 aromatic heterocycles. The highest BCUT2D eigenvalue weighted by molar-refractivity contribution is 5.81.